The minimum atomic E-state index is -0.548. The lowest BCUT2D eigenvalue weighted by Gasteiger charge is -2.41. The van der Waals surface area contributed by atoms with Crippen molar-refractivity contribution in [1.29, 1.82) is 0 Å². The van der Waals surface area contributed by atoms with Crippen LogP contribution in [0.2, 0.25) is 0 Å². The van der Waals surface area contributed by atoms with Crippen molar-refractivity contribution in [2.24, 2.45) is 5.41 Å². The van der Waals surface area contributed by atoms with E-state index in [4.69, 9.17) is 11.6 Å². The molecule has 1 aliphatic heterocycles. The standard InChI is InChI=1S/C12H21ClN2O2/c1-7(13)11(17)14-8-5-6-9(16)15-10(8)12(2,3)4/h7-8,10H,5-6H2,1-4H3,(H,14,17)(H,15,16)/t7?,8-,10-/m1/s1. The Morgan fingerprint density at radius 2 is 2.12 bits per heavy atom. The first kappa shape index (κ1) is 14.3. The van der Waals surface area contributed by atoms with Gasteiger partial charge in [-0.15, -0.1) is 11.6 Å². The molecule has 1 aliphatic rings. The molecule has 1 heterocycles. The zero-order valence-electron chi connectivity index (χ0n) is 10.8. The van der Waals surface area contributed by atoms with Crippen LogP contribution in [0.5, 0.6) is 0 Å². The lowest BCUT2D eigenvalue weighted by Crippen LogP contribution is -2.61. The Morgan fingerprint density at radius 3 is 2.59 bits per heavy atom. The van der Waals surface area contributed by atoms with E-state index >= 15 is 0 Å². The molecule has 0 radical (unpaired) electrons. The van der Waals surface area contributed by atoms with Crippen LogP contribution in [0.15, 0.2) is 0 Å². The topological polar surface area (TPSA) is 58.2 Å². The molecule has 1 rings (SSSR count). The number of carbonyl (C=O) groups excluding carboxylic acids is 2. The van der Waals surface area contributed by atoms with Gasteiger partial charge in [0.1, 0.15) is 5.38 Å². The number of alkyl halides is 1. The molecule has 4 nitrogen and oxygen atoms in total. The summed E-state index contributed by atoms with van der Waals surface area (Å²) in [6.07, 6.45) is 1.12. The second-order valence-corrected chi connectivity index (χ2v) is 6.34. The highest BCUT2D eigenvalue weighted by atomic mass is 35.5. The minimum absolute atomic E-state index is 0.0404. The summed E-state index contributed by atoms with van der Waals surface area (Å²) in [5, 5.41) is 5.32. The van der Waals surface area contributed by atoms with Gasteiger partial charge >= 0.3 is 0 Å². The first-order chi connectivity index (χ1) is 7.71. The van der Waals surface area contributed by atoms with Crippen LogP contribution >= 0.6 is 11.6 Å². The predicted octanol–water partition coefficient (Wildman–Crippen LogP) is 1.42. The van der Waals surface area contributed by atoms with Crippen LogP contribution in [0, 0.1) is 5.41 Å². The molecule has 0 aromatic carbocycles. The second kappa shape index (κ2) is 5.25. The first-order valence-electron chi connectivity index (χ1n) is 5.95. The highest BCUT2D eigenvalue weighted by Crippen LogP contribution is 2.26. The average molecular weight is 261 g/mol. The Morgan fingerprint density at radius 1 is 1.53 bits per heavy atom. The van der Waals surface area contributed by atoms with Crippen LogP contribution in [0.3, 0.4) is 0 Å². The van der Waals surface area contributed by atoms with Gasteiger partial charge < -0.3 is 10.6 Å². The van der Waals surface area contributed by atoms with Crippen molar-refractivity contribution in [3.8, 4) is 0 Å². The average Bonchev–Trinajstić information content (AvgIpc) is 2.18. The molecule has 0 aromatic heterocycles. The van der Waals surface area contributed by atoms with Crippen molar-refractivity contribution in [3.05, 3.63) is 0 Å². The van der Waals surface area contributed by atoms with Crippen molar-refractivity contribution in [2.45, 2.75) is 58.0 Å². The fourth-order valence-corrected chi connectivity index (χ4v) is 2.14. The highest BCUT2D eigenvalue weighted by molar-refractivity contribution is 6.30. The summed E-state index contributed by atoms with van der Waals surface area (Å²) in [7, 11) is 0. The van der Waals surface area contributed by atoms with Crippen LogP contribution in [0.4, 0.5) is 0 Å². The lowest BCUT2D eigenvalue weighted by atomic mass is 9.78. The van der Waals surface area contributed by atoms with Crippen LogP contribution in [-0.4, -0.2) is 29.3 Å². The molecular weight excluding hydrogens is 240 g/mol. The van der Waals surface area contributed by atoms with Crippen molar-refractivity contribution >= 4 is 23.4 Å². The molecule has 2 amide bonds. The fraction of sp³-hybridized carbons (Fsp3) is 0.833. The van der Waals surface area contributed by atoms with Gasteiger partial charge in [-0.05, 0) is 18.8 Å². The van der Waals surface area contributed by atoms with Gasteiger partial charge in [-0.3, -0.25) is 9.59 Å². The van der Waals surface area contributed by atoms with Gasteiger partial charge in [0.05, 0.1) is 12.1 Å². The summed E-state index contributed by atoms with van der Waals surface area (Å²) in [6.45, 7) is 7.79. The second-order valence-electron chi connectivity index (χ2n) is 5.68. The summed E-state index contributed by atoms with van der Waals surface area (Å²) in [5.41, 5.74) is -0.0937. The maximum Gasteiger partial charge on any atom is 0.238 e. The van der Waals surface area contributed by atoms with Gasteiger partial charge in [-0.25, -0.2) is 0 Å². The molecule has 0 bridgehead atoms. The molecule has 98 valence electrons. The number of carbonyl (C=O) groups is 2. The fourth-order valence-electron chi connectivity index (χ4n) is 2.07. The zero-order chi connectivity index (χ0) is 13.2. The molecular formula is C12H21ClN2O2. The Kier molecular flexibility index (Phi) is 4.42. The van der Waals surface area contributed by atoms with E-state index in [1.807, 2.05) is 20.8 Å². The predicted molar refractivity (Wildman–Crippen MR) is 67.9 cm³/mol. The van der Waals surface area contributed by atoms with Crippen LogP contribution in [-0.2, 0) is 9.59 Å². The van der Waals surface area contributed by atoms with Crippen molar-refractivity contribution in [1.82, 2.24) is 10.6 Å². The first-order valence-corrected chi connectivity index (χ1v) is 6.39. The quantitative estimate of drug-likeness (QED) is 0.738. The number of amides is 2. The van der Waals surface area contributed by atoms with Crippen molar-refractivity contribution in [2.75, 3.05) is 0 Å². The van der Waals surface area contributed by atoms with Crippen LogP contribution < -0.4 is 10.6 Å². The van der Waals surface area contributed by atoms with Gasteiger partial charge in [-0.1, -0.05) is 20.8 Å². The SMILES string of the molecule is CC(Cl)C(=O)N[C@@H]1CCC(=O)N[C@H]1C(C)(C)C. The zero-order valence-corrected chi connectivity index (χ0v) is 11.6. The number of hydrogen-bond donors (Lipinski definition) is 2. The normalized spacial score (nSPS) is 27.2. The molecule has 1 fully saturated rings. The third-order valence-corrected chi connectivity index (χ3v) is 3.22. The van der Waals surface area contributed by atoms with Gasteiger partial charge in [0.15, 0.2) is 0 Å². The third kappa shape index (κ3) is 3.87. The largest absolute Gasteiger partial charge is 0.351 e. The van der Waals surface area contributed by atoms with Gasteiger partial charge in [0.2, 0.25) is 11.8 Å². The maximum absolute atomic E-state index is 11.6. The molecule has 1 saturated heterocycles. The summed E-state index contributed by atoms with van der Waals surface area (Å²) in [6, 6.07) is -0.0930. The van der Waals surface area contributed by atoms with E-state index in [9.17, 15) is 9.59 Å². The number of halogens is 1. The highest BCUT2D eigenvalue weighted by Gasteiger charge is 2.37. The summed E-state index contributed by atoms with van der Waals surface area (Å²) >= 11 is 5.74. The smallest absolute Gasteiger partial charge is 0.238 e. The van der Waals surface area contributed by atoms with E-state index in [0.717, 1.165) is 0 Å². The summed E-state index contributed by atoms with van der Waals surface area (Å²) in [5.74, 6) is -0.128. The Balaban J connectivity index is 2.74. The Hall–Kier alpha value is -0.770. The molecule has 1 unspecified atom stereocenters. The van der Waals surface area contributed by atoms with Crippen molar-refractivity contribution < 1.29 is 9.59 Å². The van der Waals surface area contributed by atoms with E-state index < -0.39 is 5.38 Å². The van der Waals surface area contributed by atoms with E-state index in [1.54, 1.807) is 6.92 Å². The van der Waals surface area contributed by atoms with Gasteiger partial charge in [-0.2, -0.15) is 0 Å². The van der Waals surface area contributed by atoms with E-state index in [0.29, 0.717) is 12.8 Å². The third-order valence-electron chi connectivity index (χ3n) is 3.02. The number of hydrogen-bond acceptors (Lipinski definition) is 2. The molecule has 3 atom stereocenters. The summed E-state index contributed by atoms with van der Waals surface area (Å²) < 4.78 is 0. The minimum Gasteiger partial charge on any atom is -0.351 e. The maximum atomic E-state index is 11.6. The molecule has 0 aromatic rings. The molecule has 0 spiro atoms. The van der Waals surface area contributed by atoms with E-state index in [1.165, 1.54) is 0 Å². The van der Waals surface area contributed by atoms with Gasteiger partial charge in [0, 0.05) is 6.42 Å². The number of nitrogens with one attached hydrogen (secondary N) is 2. The molecule has 5 heteroatoms. The molecule has 0 aliphatic carbocycles. The molecule has 17 heavy (non-hydrogen) atoms. The molecule has 0 saturated carbocycles. The number of piperidine rings is 1. The van der Waals surface area contributed by atoms with Gasteiger partial charge in [0.25, 0.3) is 0 Å². The molecule has 2 N–H and O–H groups in total. The Bertz CT molecular complexity index is 310. The van der Waals surface area contributed by atoms with Crippen LogP contribution in [0.1, 0.15) is 40.5 Å². The van der Waals surface area contributed by atoms with Crippen LogP contribution in [0.25, 0.3) is 0 Å². The van der Waals surface area contributed by atoms with E-state index in [-0.39, 0.29) is 29.3 Å². The lowest BCUT2D eigenvalue weighted by molar-refractivity contribution is -0.128. The van der Waals surface area contributed by atoms with Crippen molar-refractivity contribution in [3.63, 3.8) is 0 Å². The Labute approximate surface area is 107 Å². The summed E-state index contributed by atoms with van der Waals surface area (Å²) in [4.78, 5) is 23.0. The monoisotopic (exact) mass is 260 g/mol. The van der Waals surface area contributed by atoms with E-state index in [2.05, 4.69) is 10.6 Å². The number of rotatable bonds is 2.